The molecule has 0 aliphatic carbocycles. The van der Waals surface area contributed by atoms with Gasteiger partial charge in [-0.05, 0) is 24.6 Å². The fraction of sp³-hybridized carbons (Fsp3) is 0.188. The molecule has 0 spiro atoms. The van der Waals surface area contributed by atoms with Crippen LogP contribution in [0.4, 0.5) is 0 Å². The van der Waals surface area contributed by atoms with Crippen molar-refractivity contribution in [3.8, 4) is 0 Å². The van der Waals surface area contributed by atoms with Crippen LogP contribution < -0.4 is 0 Å². The van der Waals surface area contributed by atoms with Crippen LogP contribution in [0.15, 0.2) is 48.7 Å². The number of H-pyrrole nitrogens is 1. The summed E-state index contributed by atoms with van der Waals surface area (Å²) in [5, 5.41) is 0. The van der Waals surface area contributed by atoms with E-state index in [4.69, 9.17) is 4.74 Å². The summed E-state index contributed by atoms with van der Waals surface area (Å²) in [7, 11) is 0. The van der Waals surface area contributed by atoms with Crippen molar-refractivity contribution in [2.75, 3.05) is 6.61 Å². The van der Waals surface area contributed by atoms with Crippen molar-refractivity contribution in [3.05, 3.63) is 59.9 Å². The Labute approximate surface area is 117 Å². The highest BCUT2D eigenvalue weighted by atomic mass is 16.5. The van der Waals surface area contributed by atoms with Gasteiger partial charge in [0.05, 0.1) is 17.6 Å². The van der Waals surface area contributed by atoms with Crippen molar-refractivity contribution in [1.82, 2.24) is 9.55 Å². The lowest BCUT2D eigenvalue weighted by atomic mass is 10.2. The Bertz CT molecular complexity index is 725. The highest BCUT2D eigenvalue weighted by Crippen LogP contribution is 2.19. The van der Waals surface area contributed by atoms with Crippen molar-refractivity contribution in [2.24, 2.45) is 0 Å². The van der Waals surface area contributed by atoms with E-state index < -0.39 is 0 Å². The maximum Gasteiger partial charge on any atom is 0.354 e. The molecule has 102 valence electrons. The van der Waals surface area contributed by atoms with E-state index in [2.05, 4.69) is 21.7 Å². The molecule has 0 amide bonds. The standard InChI is InChI=1S/C16H16N2O2/c1-2-20-16(19)14-10-15-13(17-14)8-9-18(15)11-12-6-4-3-5-7-12/h3-10,17H,2,11H2,1H3. The van der Waals surface area contributed by atoms with Crippen LogP contribution in [0.2, 0.25) is 0 Å². The molecule has 3 aromatic rings. The van der Waals surface area contributed by atoms with Crippen molar-refractivity contribution in [3.63, 3.8) is 0 Å². The summed E-state index contributed by atoms with van der Waals surface area (Å²) in [6.07, 6.45) is 2.02. The molecule has 0 unspecified atom stereocenters. The van der Waals surface area contributed by atoms with E-state index in [0.717, 1.165) is 17.6 Å². The van der Waals surface area contributed by atoms with Gasteiger partial charge in [-0.3, -0.25) is 0 Å². The molecule has 0 bridgehead atoms. The molecule has 0 saturated heterocycles. The van der Waals surface area contributed by atoms with E-state index in [-0.39, 0.29) is 5.97 Å². The monoisotopic (exact) mass is 268 g/mol. The number of esters is 1. The van der Waals surface area contributed by atoms with Gasteiger partial charge in [-0.1, -0.05) is 30.3 Å². The van der Waals surface area contributed by atoms with Gasteiger partial charge in [0.2, 0.25) is 0 Å². The third-order valence-corrected chi connectivity index (χ3v) is 3.25. The van der Waals surface area contributed by atoms with Crippen molar-refractivity contribution in [2.45, 2.75) is 13.5 Å². The summed E-state index contributed by atoms with van der Waals surface area (Å²) in [4.78, 5) is 14.8. The van der Waals surface area contributed by atoms with E-state index in [1.165, 1.54) is 5.56 Å². The Morgan fingerprint density at radius 1 is 1.25 bits per heavy atom. The Hall–Kier alpha value is -2.49. The molecule has 0 atom stereocenters. The first kappa shape index (κ1) is 12.5. The van der Waals surface area contributed by atoms with Gasteiger partial charge in [-0.25, -0.2) is 4.79 Å². The number of fused-ring (bicyclic) bond motifs is 1. The number of benzene rings is 1. The molecule has 4 nitrogen and oxygen atoms in total. The zero-order valence-electron chi connectivity index (χ0n) is 11.3. The van der Waals surface area contributed by atoms with Gasteiger partial charge in [0.15, 0.2) is 0 Å². The Balaban J connectivity index is 1.91. The molecule has 0 radical (unpaired) electrons. The number of carbonyl (C=O) groups excluding carboxylic acids is 1. The Kier molecular flexibility index (Phi) is 3.29. The fourth-order valence-electron chi connectivity index (χ4n) is 2.31. The molecule has 1 aromatic carbocycles. The summed E-state index contributed by atoms with van der Waals surface area (Å²) < 4.78 is 7.12. The third-order valence-electron chi connectivity index (χ3n) is 3.25. The maximum absolute atomic E-state index is 11.7. The van der Waals surface area contributed by atoms with Gasteiger partial charge in [-0.2, -0.15) is 0 Å². The number of nitrogens with zero attached hydrogens (tertiary/aromatic N) is 1. The highest BCUT2D eigenvalue weighted by Gasteiger charge is 2.12. The number of hydrogen-bond acceptors (Lipinski definition) is 2. The maximum atomic E-state index is 11.7. The quantitative estimate of drug-likeness (QED) is 0.739. The molecular formula is C16H16N2O2. The van der Waals surface area contributed by atoms with E-state index in [1.54, 1.807) is 6.92 Å². The molecule has 0 aliphatic rings. The first-order valence-corrected chi connectivity index (χ1v) is 6.67. The molecular weight excluding hydrogens is 252 g/mol. The van der Waals surface area contributed by atoms with Gasteiger partial charge in [0.1, 0.15) is 5.69 Å². The minimum atomic E-state index is -0.310. The zero-order valence-corrected chi connectivity index (χ0v) is 11.3. The van der Waals surface area contributed by atoms with Crippen LogP contribution in [-0.4, -0.2) is 22.1 Å². The lowest BCUT2D eigenvalue weighted by Gasteiger charge is -2.03. The highest BCUT2D eigenvalue weighted by molar-refractivity contribution is 5.94. The van der Waals surface area contributed by atoms with Crippen molar-refractivity contribution < 1.29 is 9.53 Å². The number of aromatic amines is 1. The van der Waals surface area contributed by atoms with Crippen LogP contribution >= 0.6 is 0 Å². The first-order valence-electron chi connectivity index (χ1n) is 6.67. The van der Waals surface area contributed by atoms with E-state index in [9.17, 15) is 4.79 Å². The van der Waals surface area contributed by atoms with Gasteiger partial charge in [-0.15, -0.1) is 0 Å². The number of hydrogen-bond donors (Lipinski definition) is 1. The average molecular weight is 268 g/mol. The van der Waals surface area contributed by atoms with Crippen LogP contribution in [-0.2, 0) is 11.3 Å². The lowest BCUT2D eigenvalue weighted by molar-refractivity contribution is 0.0520. The average Bonchev–Trinajstić information content (AvgIpc) is 3.02. The van der Waals surface area contributed by atoms with Crippen LogP contribution in [0.5, 0.6) is 0 Å². The van der Waals surface area contributed by atoms with E-state index >= 15 is 0 Å². The van der Waals surface area contributed by atoms with Crippen LogP contribution in [0.1, 0.15) is 23.0 Å². The molecule has 20 heavy (non-hydrogen) atoms. The van der Waals surface area contributed by atoms with Crippen LogP contribution in [0.3, 0.4) is 0 Å². The second-order valence-electron chi connectivity index (χ2n) is 4.63. The molecule has 3 rings (SSSR count). The Morgan fingerprint density at radius 3 is 2.80 bits per heavy atom. The summed E-state index contributed by atoms with van der Waals surface area (Å²) in [5.41, 5.74) is 3.68. The molecule has 2 aromatic heterocycles. The summed E-state index contributed by atoms with van der Waals surface area (Å²) in [6, 6.07) is 14.0. The molecule has 0 saturated carbocycles. The summed E-state index contributed by atoms with van der Waals surface area (Å²) in [5.74, 6) is -0.310. The SMILES string of the molecule is CCOC(=O)c1cc2c(ccn2Cc2ccccc2)[nH]1. The second-order valence-corrected chi connectivity index (χ2v) is 4.63. The smallest absolute Gasteiger partial charge is 0.354 e. The number of carbonyl (C=O) groups is 1. The lowest BCUT2D eigenvalue weighted by Crippen LogP contribution is -2.04. The summed E-state index contributed by atoms with van der Waals surface area (Å²) >= 11 is 0. The van der Waals surface area contributed by atoms with Gasteiger partial charge in [0.25, 0.3) is 0 Å². The normalized spacial score (nSPS) is 10.8. The minimum Gasteiger partial charge on any atom is -0.461 e. The molecule has 4 heteroatoms. The van der Waals surface area contributed by atoms with E-state index in [1.807, 2.05) is 36.5 Å². The molecule has 0 aliphatic heterocycles. The summed E-state index contributed by atoms with van der Waals surface area (Å²) in [6.45, 7) is 2.96. The molecule has 1 N–H and O–H groups in total. The minimum absolute atomic E-state index is 0.310. The topological polar surface area (TPSA) is 47.0 Å². The number of rotatable bonds is 4. The largest absolute Gasteiger partial charge is 0.461 e. The number of ether oxygens (including phenoxy) is 1. The number of nitrogens with one attached hydrogen (secondary N) is 1. The van der Waals surface area contributed by atoms with Gasteiger partial charge < -0.3 is 14.3 Å². The van der Waals surface area contributed by atoms with Crippen molar-refractivity contribution >= 4 is 17.0 Å². The number of aromatic nitrogens is 2. The third kappa shape index (κ3) is 2.32. The van der Waals surface area contributed by atoms with Crippen LogP contribution in [0, 0.1) is 0 Å². The predicted molar refractivity (Wildman–Crippen MR) is 77.8 cm³/mol. The predicted octanol–water partition coefficient (Wildman–Crippen LogP) is 3.19. The van der Waals surface area contributed by atoms with E-state index in [0.29, 0.717) is 12.3 Å². The fourth-order valence-corrected chi connectivity index (χ4v) is 2.31. The first-order chi connectivity index (χ1) is 9.78. The van der Waals surface area contributed by atoms with Gasteiger partial charge >= 0.3 is 5.97 Å². The van der Waals surface area contributed by atoms with Gasteiger partial charge in [0, 0.05) is 12.7 Å². The van der Waals surface area contributed by atoms with Crippen LogP contribution in [0.25, 0.3) is 11.0 Å². The zero-order chi connectivity index (χ0) is 13.9. The molecule has 0 fully saturated rings. The second kappa shape index (κ2) is 5.25. The van der Waals surface area contributed by atoms with Crippen molar-refractivity contribution in [1.29, 1.82) is 0 Å². The molecule has 2 heterocycles. The Morgan fingerprint density at radius 2 is 2.05 bits per heavy atom.